The van der Waals surface area contributed by atoms with Gasteiger partial charge in [0.05, 0.1) is 11.6 Å². The zero-order valence-corrected chi connectivity index (χ0v) is 11.6. The second-order valence-electron chi connectivity index (χ2n) is 4.54. The van der Waals surface area contributed by atoms with Gasteiger partial charge in [-0.2, -0.15) is 5.10 Å². The van der Waals surface area contributed by atoms with E-state index < -0.39 is 0 Å². The molecule has 0 fully saturated rings. The van der Waals surface area contributed by atoms with Crippen molar-refractivity contribution in [2.75, 3.05) is 11.9 Å². The highest BCUT2D eigenvalue weighted by Gasteiger charge is 2.09. The van der Waals surface area contributed by atoms with Gasteiger partial charge in [-0.15, -0.1) is 16.7 Å². The van der Waals surface area contributed by atoms with Crippen LogP contribution in [-0.2, 0) is 0 Å². The molecule has 0 saturated carbocycles. The van der Waals surface area contributed by atoms with E-state index in [0.717, 1.165) is 22.2 Å². The van der Waals surface area contributed by atoms with Crippen LogP contribution in [0, 0.1) is 0 Å². The Morgan fingerprint density at radius 1 is 1.00 bits per heavy atom. The number of hydrogen-bond donors (Lipinski definition) is 1. The Kier molecular flexibility index (Phi) is 3.79. The van der Waals surface area contributed by atoms with Crippen molar-refractivity contribution in [3.05, 3.63) is 66.4 Å². The van der Waals surface area contributed by atoms with Crippen LogP contribution in [-0.4, -0.2) is 16.7 Å². The number of aromatic nitrogens is 2. The highest BCUT2D eigenvalue weighted by atomic mass is 35.5. The summed E-state index contributed by atoms with van der Waals surface area (Å²) in [6.07, 6.45) is 1.76. The van der Waals surface area contributed by atoms with Crippen molar-refractivity contribution in [1.82, 2.24) is 10.2 Å². The number of hydrogen-bond acceptors (Lipinski definition) is 3. The first-order chi connectivity index (χ1) is 9.84. The van der Waals surface area contributed by atoms with Gasteiger partial charge in [0.2, 0.25) is 0 Å². The fraction of sp³-hybridized carbons (Fsp3) is 0.125. The number of nitrogens with zero attached hydrogens (tertiary/aromatic N) is 2. The zero-order valence-electron chi connectivity index (χ0n) is 10.8. The van der Waals surface area contributed by atoms with Gasteiger partial charge in [-0.25, -0.2) is 0 Å². The van der Waals surface area contributed by atoms with Crippen molar-refractivity contribution in [2.45, 2.75) is 5.38 Å². The number of rotatable bonds is 4. The lowest BCUT2D eigenvalue weighted by Crippen LogP contribution is -2.10. The summed E-state index contributed by atoms with van der Waals surface area (Å²) in [6, 6.07) is 18.0. The van der Waals surface area contributed by atoms with E-state index >= 15 is 0 Å². The van der Waals surface area contributed by atoms with E-state index in [-0.39, 0.29) is 5.38 Å². The molecule has 0 aliphatic carbocycles. The van der Waals surface area contributed by atoms with E-state index in [1.165, 1.54) is 0 Å². The molecule has 1 heterocycles. The van der Waals surface area contributed by atoms with Crippen LogP contribution < -0.4 is 5.32 Å². The normalized spacial score (nSPS) is 12.2. The quantitative estimate of drug-likeness (QED) is 0.735. The van der Waals surface area contributed by atoms with E-state index in [0.29, 0.717) is 6.54 Å². The van der Waals surface area contributed by atoms with E-state index in [9.17, 15) is 0 Å². The Hall–Kier alpha value is -2.13. The Bertz CT molecular complexity index is 695. The molecule has 100 valence electrons. The fourth-order valence-corrected chi connectivity index (χ4v) is 2.35. The molecule has 0 aliphatic rings. The van der Waals surface area contributed by atoms with Crippen LogP contribution in [0.15, 0.2) is 60.8 Å². The molecule has 3 rings (SSSR count). The number of alkyl halides is 1. The van der Waals surface area contributed by atoms with Gasteiger partial charge in [0.1, 0.15) is 0 Å². The van der Waals surface area contributed by atoms with Crippen molar-refractivity contribution in [3.63, 3.8) is 0 Å². The van der Waals surface area contributed by atoms with E-state index in [1.54, 1.807) is 6.20 Å². The standard InChI is InChI=1S/C16H14ClN3/c17-15(12-6-2-1-3-7-12)11-18-16-14-9-5-4-8-13(14)10-19-20-16/h1-10,15H,11H2,(H,18,20). The molecule has 0 bridgehead atoms. The summed E-state index contributed by atoms with van der Waals surface area (Å²) in [5, 5.41) is 13.5. The van der Waals surface area contributed by atoms with Crippen molar-refractivity contribution >= 4 is 28.2 Å². The first-order valence-electron chi connectivity index (χ1n) is 6.48. The highest BCUT2D eigenvalue weighted by molar-refractivity contribution is 6.21. The minimum absolute atomic E-state index is 0.100. The van der Waals surface area contributed by atoms with Crippen LogP contribution >= 0.6 is 11.6 Å². The van der Waals surface area contributed by atoms with Crippen molar-refractivity contribution in [1.29, 1.82) is 0 Å². The number of benzene rings is 2. The van der Waals surface area contributed by atoms with Gasteiger partial charge in [-0.1, -0.05) is 54.6 Å². The van der Waals surface area contributed by atoms with Crippen molar-refractivity contribution < 1.29 is 0 Å². The minimum atomic E-state index is -0.100. The molecular formula is C16H14ClN3. The van der Waals surface area contributed by atoms with Gasteiger partial charge in [0.25, 0.3) is 0 Å². The summed E-state index contributed by atoms with van der Waals surface area (Å²) in [4.78, 5) is 0. The predicted octanol–water partition coefficient (Wildman–Crippen LogP) is 4.02. The molecule has 1 N–H and O–H groups in total. The maximum absolute atomic E-state index is 6.40. The Morgan fingerprint density at radius 2 is 1.75 bits per heavy atom. The SMILES string of the molecule is ClC(CNc1nncc2ccccc12)c1ccccc1. The molecule has 4 heteroatoms. The molecule has 0 amide bonds. The molecule has 20 heavy (non-hydrogen) atoms. The largest absolute Gasteiger partial charge is 0.366 e. The van der Waals surface area contributed by atoms with Crippen LogP contribution in [0.2, 0.25) is 0 Å². The average molecular weight is 284 g/mol. The maximum Gasteiger partial charge on any atom is 0.156 e. The molecule has 1 aromatic heterocycles. The van der Waals surface area contributed by atoms with Gasteiger partial charge < -0.3 is 5.32 Å². The Morgan fingerprint density at radius 3 is 2.60 bits per heavy atom. The fourth-order valence-electron chi connectivity index (χ4n) is 2.12. The molecule has 3 aromatic rings. The molecule has 0 aliphatic heterocycles. The predicted molar refractivity (Wildman–Crippen MR) is 83.1 cm³/mol. The summed E-state index contributed by atoms with van der Waals surface area (Å²) in [7, 11) is 0. The lowest BCUT2D eigenvalue weighted by Gasteiger charge is -2.12. The van der Waals surface area contributed by atoms with Gasteiger partial charge in [0.15, 0.2) is 5.82 Å². The summed E-state index contributed by atoms with van der Waals surface area (Å²) in [6.45, 7) is 0.605. The molecular weight excluding hydrogens is 270 g/mol. The van der Waals surface area contributed by atoms with Gasteiger partial charge in [-0.05, 0) is 5.56 Å². The number of anilines is 1. The topological polar surface area (TPSA) is 37.8 Å². The summed E-state index contributed by atoms with van der Waals surface area (Å²) in [5.74, 6) is 0.768. The third-order valence-corrected chi connectivity index (χ3v) is 3.59. The van der Waals surface area contributed by atoms with Gasteiger partial charge in [-0.3, -0.25) is 0 Å². The first kappa shape index (κ1) is 12.9. The number of nitrogens with one attached hydrogen (secondary N) is 1. The molecule has 0 saturated heterocycles. The van der Waals surface area contributed by atoms with Crippen LogP contribution in [0.4, 0.5) is 5.82 Å². The molecule has 0 spiro atoms. The van der Waals surface area contributed by atoms with Crippen molar-refractivity contribution in [3.8, 4) is 0 Å². The monoisotopic (exact) mass is 283 g/mol. The maximum atomic E-state index is 6.40. The lowest BCUT2D eigenvalue weighted by molar-refractivity contribution is 0.949. The highest BCUT2D eigenvalue weighted by Crippen LogP contribution is 2.23. The first-order valence-corrected chi connectivity index (χ1v) is 6.91. The number of fused-ring (bicyclic) bond motifs is 1. The van der Waals surface area contributed by atoms with Crippen LogP contribution in [0.1, 0.15) is 10.9 Å². The van der Waals surface area contributed by atoms with Gasteiger partial charge >= 0.3 is 0 Å². The second kappa shape index (κ2) is 5.88. The second-order valence-corrected chi connectivity index (χ2v) is 5.07. The van der Waals surface area contributed by atoms with E-state index in [4.69, 9.17) is 11.6 Å². The van der Waals surface area contributed by atoms with Crippen LogP contribution in [0.3, 0.4) is 0 Å². The number of halogens is 1. The molecule has 0 radical (unpaired) electrons. The lowest BCUT2D eigenvalue weighted by atomic mass is 10.1. The van der Waals surface area contributed by atoms with E-state index in [2.05, 4.69) is 15.5 Å². The van der Waals surface area contributed by atoms with Crippen LogP contribution in [0.5, 0.6) is 0 Å². The average Bonchev–Trinajstić information content (AvgIpc) is 2.53. The molecule has 1 atom stereocenters. The molecule has 1 unspecified atom stereocenters. The Balaban J connectivity index is 1.77. The van der Waals surface area contributed by atoms with Crippen LogP contribution in [0.25, 0.3) is 10.8 Å². The molecule has 2 aromatic carbocycles. The zero-order chi connectivity index (χ0) is 13.8. The third-order valence-electron chi connectivity index (χ3n) is 3.18. The van der Waals surface area contributed by atoms with Crippen molar-refractivity contribution in [2.24, 2.45) is 0 Å². The summed E-state index contributed by atoms with van der Waals surface area (Å²) >= 11 is 6.40. The summed E-state index contributed by atoms with van der Waals surface area (Å²) < 4.78 is 0. The van der Waals surface area contributed by atoms with E-state index in [1.807, 2.05) is 54.6 Å². The third kappa shape index (κ3) is 2.73. The molecule has 3 nitrogen and oxygen atoms in total. The smallest absolute Gasteiger partial charge is 0.156 e. The minimum Gasteiger partial charge on any atom is -0.366 e. The summed E-state index contributed by atoms with van der Waals surface area (Å²) in [5.41, 5.74) is 1.09. The Labute approximate surface area is 122 Å². The van der Waals surface area contributed by atoms with Gasteiger partial charge in [0, 0.05) is 17.3 Å².